The van der Waals surface area contributed by atoms with Gasteiger partial charge in [-0.15, -0.1) is 0 Å². The first-order valence-electron chi connectivity index (χ1n) is 6.10. The first-order chi connectivity index (χ1) is 8.08. The Morgan fingerprint density at radius 1 is 1.47 bits per heavy atom. The lowest BCUT2D eigenvalue weighted by molar-refractivity contribution is -0.138. The lowest BCUT2D eigenvalue weighted by Gasteiger charge is -2.21. The van der Waals surface area contributed by atoms with Crippen LogP contribution in [0.4, 0.5) is 0 Å². The Labute approximate surface area is 102 Å². The topological polar surface area (TPSA) is 49.3 Å². The highest BCUT2D eigenvalue weighted by Crippen LogP contribution is 2.34. The van der Waals surface area contributed by atoms with E-state index in [-0.39, 0.29) is 18.4 Å². The number of aliphatic carboxylic acids is 1. The van der Waals surface area contributed by atoms with Crippen LogP contribution in [-0.2, 0) is 4.79 Å². The Kier molecular flexibility index (Phi) is 3.48. The van der Waals surface area contributed by atoms with E-state index in [0.717, 1.165) is 13.0 Å². The van der Waals surface area contributed by atoms with Gasteiger partial charge in [-0.2, -0.15) is 0 Å². The van der Waals surface area contributed by atoms with Crippen LogP contribution in [-0.4, -0.2) is 17.6 Å². The average Bonchev–Trinajstić information content (AvgIpc) is 2.69. The molecule has 1 aromatic carbocycles. The summed E-state index contributed by atoms with van der Waals surface area (Å²) in [5.74, 6) is -0.484. The van der Waals surface area contributed by atoms with Gasteiger partial charge in [-0.1, -0.05) is 23.8 Å². The SMILES string of the molecule is Cc1ccc(C)c([C@H]2NCC[C@@H]2CC(=O)O)c1. The van der Waals surface area contributed by atoms with Crippen LogP contribution in [0.25, 0.3) is 0 Å². The second-order valence-corrected chi connectivity index (χ2v) is 4.94. The molecule has 1 heterocycles. The van der Waals surface area contributed by atoms with Gasteiger partial charge in [0.05, 0.1) is 6.42 Å². The Morgan fingerprint density at radius 2 is 2.24 bits per heavy atom. The third kappa shape index (κ3) is 2.67. The van der Waals surface area contributed by atoms with Gasteiger partial charge in [0.25, 0.3) is 0 Å². The minimum Gasteiger partial charge on any atom is -0.481 e. The zero-order chi connectivity index (χ0) is 12.4. The lowest BCUT2D eigenvalue weighted by Crippen LogP contribution is -2.20. The van der Waals surface area contributed by atoms with Gasteiger partial charge in [0.2, 0.25) is 0 Å². The summed E-state index contributed by atoms with van der Waals surface area (Å²) in [5, 5.41) is 12.4. The number of benzene rings is 1. The lowest BCUT2D eigenvalue weighted by atomic mass is 9.88. The van der Waals surface area contributed by atoms with E-state index in [1.165, 1.54) is 16.7 Å². The number of carboxylic acid groups (broad SMARTS) is 1. The number of hydrogen-bond donors (Lipinski definition) is 2. The molecule has 0 amide bonds. The zero-order valence-electron chi connectivity index (χ0n) is 10.4. The molecule has 0 radical (unpaired) electrons. The molecule has 2 rings (SSSR count). The van der Waals surface area contributed by atoms with Crippen LogP contribution in [0, 0.1) is 19.8 Å². The number of carbonyl (C=O) groups is 1. The molecule has 0 aliphatic carbocycles. The van der Waals surface area contributed by atoms with Crippen LogP contribution >= 0.6 is 0 Å². The Balaban J connectivity index is 2.25. The Morgan fingerprint density at radius 3 is 2.94 bits per heavy atom. The van der Waals surface area contributed by atoms with Crippen LogP contribution in [0.1, 0.15) is 35.6 Å². The first kappa shape index (κ1) is 12.1. The Bertz CT molecular complexity index is 428. The molecule has 92 valence electrons. The third-order valence-corrected chi connectivity index (χ3v) is 3.56. The summed E-state index contributed by atoms with van der Waals surface area (Å²) in [6.45, 7) is 5.08. The van der Waals surface area contributed by atoms with E-state index in [1.807, 2.05) is 0 Å². The summed E-state index contributed by atoms with van der Waals surface area (Å²) in [5.41, 5.74) is 3.73. The largest absolute Gasteiger partial charge is 0.481 e. The fourth-order valence-corrected chi connectivity index (χ4v) is 2.66. The maximum absolute atomic E-state index is 10.9. The monoisotopic (exact) mass is 233 g/mol. The summed E-state index contributed by atoms with van der Waals surface area (Å²) in [6, 6.07) is 6.58. The standard InChI is InChI=1S/C14H19NO2/c1-9-3-4-10(2)12(7-9)14-11(5-6-15-14)8-13(16)17/h3-4,7,11,14-15H,5-6,8H2,1-2H3,(H,16,17)/t11-,14+/m1/s1. The summed E-state index contributed by atoms with van der Waals surface area (Å²) >= 11 is 0. The molecule has 1 aromatic rings. The molecule has 0 saturated carbocycles. The molecule has 1 aliphatic rings. The summed E-state index contributed by atoms with van der Waals surface area (Å²) in [7, 11) is 0. The molecule has 0 unspecified atom stereocenters. The van der Waals surface area contributed by atoms with Crippen molar-refractivity contribution in [2.24, 2.45) is 5.92 Å². The third-order valence-electron chi connectivity index (χ3n) is 3.56. The van der Waals surface area contributed by atoms with Gasteiger partial charge in [0.15, 0.2) is 0 Å². The minimum absolute atomic E-state index is 0.200. The van der Waals surface area contributed by atoms with Gasteiger partial charge in [-0.05, 0) is 43.9 Å². The second-order valence-electron chi connectivity index (χ2n) is 4.94. The van der Waals surface area contributed by atoms with Crippen molar-refractivity contribution >= 4 is 5.97 Å². The van der Waals surface area contributed by atoms with Gasteiger partial charge in [0, 0.05) is 6.04 Å². The molecule has 2 atom stereocenters. The van der Waals surface area contributed by atoms with Gasteiger partial charge < -0.3 is 10.4 Å². The van der Waals surface area contributed by atoms with Gasteiger partial charge >= 0.3 is 5.97 Å². The van der Waals surface area contributed by atoms with Gasteiger partial charge in [-0.25, -0.2) is 0 Å². The Hall–Kier alpha value is -1.35. The summed E-state index contributed by atoms with van der Waals surface area (Å²) in [6.07, 6.45) is 1.20. The van der Waals surface area contributed by atoms with E-state index in [1.54, 1.807) is 0 Å². The highest BCUT2D eigenvalue weighted by atomic mass is 16.4. The van der Waals surface area contributed by atoms with E-state index >= 15 is 0 Å². The first-order valence-corrected chi connectivity index (χ1v) is 6.10. The van der Waals surface area contributed by atoms with Crippen LogP contribution in [0.15, 0.2) is 18.2 Å². The van der Waals surface area contributed by atoms with Crippen molar-refractivity contribution in [3.8, 4) is 0 Å². The molecule has 1 saturated heterocycles. The molecule has 0 aromatic heterocycles. The average molecular weight is 233 g/mol. The number of nitrogens with one attached hydrogen (secondary N) is 1. The fourth-order valence-electron chi connectivity index (χ4n) is 2.66. The molecule has 3 heteroatoms. The zero-order valence-corrected chi connectivity index (χ0v) is 10.4. The predicted octanol–water partition coefficient (Wildman–Crippen LogP) is 2.43. The molecule has 3 nitrogen and oxygen atoms in total. The molecular weight excluding hydrogens is 214 g/mol. The summed E-state index contributed by atoms with van der Waals surface area (Å²) in [4.78, 5) is 10.9. The number of aryl methyl sites for hydroxylation is 2. The molecule has 1 aliphatic heterocycles. The molecule has 1 fully saturated rings. The van der Waals surface area contributed by atoms with Crippen LogP contribution in [0.2, 0.25) is 0 Å². The predicted molar refractivity (Wildman–Crippen MR) is 67.0 cm³/mol. The minimum atomic E-state index is -0.700. The highest BCUT2D eigenvalue weighted by molar-refractivity contribution is 5.67. The maximum Gasteiger partial charge on any atom is 0.303 e. The fraction of sp³-hybridized carbons (Fsp3) is 0.500. The van der Waals surface area contributed by atoms with Crippen LogP contribution in [0.5, 0.6) is 0 Å². The number of hydrogen-bond acceptors (Lipinski definition) is 2. The molecule has 2 N–H and O–H groups in total. The van der Waals surface area contributed by atoms with Crippen molar-refractivity contribution in [3.05, 3.63) is 34.9 Å². The van der Waals surface area contributed by atoms with Gasteiger partial charge in [-0.3, -0.25) is 4.79 Å². The van der Waals surface area contributed by atoms with Crippen molar-refractivity contribution < 1.29 is 9.90 Å². The molecule has 0 bridgehead atoms. The van der Waals surface area contributed by atoms with Crippen molar-refractivity contribution in [3.63, 3.8) is 0 Å². The van der Waals surface area contributed by atoms with E-state index in [0.29, 0.717) is 0 Å². The van der Waals surface area contributed by atoms with Crippen LogP contribution in [0.3, 0.4) is 0 Å². The molecular formula is C14H19NO2. The van der Waals surface area contributed by atoms with Crippen LogP contribution < -0.4 is 5.32 Å². The molecule has 0 spiro atoms. The van der Waals surface area contributed by atoms with Crippen molar-refractivity contribution in [1.82, 2.24) is 5.32 Å². The van der Waals surface area contributed by atoms with E-state index in [9.17, 15) is 4.79 Å². The smallest absolute Gasteiger partial charge is 0.303 e. The van der Waals surface area contributed by atoms with Crippen molar-refractivity contribution in [2.75, 3.05) is 6.54 Å². The number of rotatable bonds is 3. The molecule has 17 heavy (non-hydrogen) atoms. The van der Waals surface area contributed by atoms with E-state index in [4.69, 9.17) is 5.11 Å². The number of carboxylic acids is 1. The maximum atomic E-state index is 10.9. The second kappa shape index (κ2) is 4.88. The van der Waals surface area contributed by atoms with Crippen molar-refractivity contribution in [1.29, 1.82) is 0 Å². The quantitative estimate of drug-likeness (QED) is 0.843. The highest BCUT2D eigenvalue weighted by Gasteiger charge is 2.30. The normalized spacial score (nSPS) is 23.9. The summed E-state index contributed by atoms with van der Waals surface area (Å²) < 4.78 is 0. The van der Waals surface area contributed by atoms with Crippen molar-refractivity contribution in [2.45, 2.75) is 32.7 Å². The van der Waals surface area contributed by atoms with Gasteiger partial charge in [0.1, 0.15) is 0 Å². The van der Waals surface area contributed by atoms with E-state index < -0.39 is 5.97 Å². The van der Waals surface area contributed by atoms with E-state index in [2.05, 4.69) is 37.4 Å².